The predicted octanol–water partition coefficient (Wildman–Crippen LogP) is 4.25. The average molecular weight is 336 g/mol. The highest BCUT2D eigenvalue weighted by molar-refractivity contribution is 9.10. The van der Waals surface area contributed by atoms with Crippen LogP contribution < -0.4 is 5.32 Å². The van der Waals surface area contributed by atoms with Crippen molar-refractivity contribution < 1.29 is 0 Å². The van der Waals surface area contributed by atoms with Gasteiger partial charge in [-0.25, -0.2) is 4.98 Å². The Morgan fingerprint density at radius 2 is 1.90 bits per heavy atom. The second-order valence-electron chi connectivity index (χ2n) is 5.87. The fourth-order valence-corrected chi connectivity index (χ4v) is 2.48. The summed E-state index contributed by atoms with van der Waals surface area (Å²) < 4.78 is 3.31. The summed E-state index contributed by atoms with van der Waals surface area (Å²) in [5.41, 5.74) is 2.41. The van der Waals surface area contributed by atoms with Gasteiger partial charge >= 0.3 is 0 Å². The van der Waals surface area contributed by atoms with Crippen LogP contribution in [0, 0.1) is 0 Å². The quantitative estimate of drug-likeness (QED) is 0.885. The van der Waals surface area contributed by atoms with Crippen molar-refractivity contribution >= 4 is 15.9 Å². The Hall–Kier alpha value is -1.13. The number of rotatable bonds is 5. The van der Waals surface area contributed by atoms with Gasteiger partial charge in [0.25, 0.3) is 0 Å². The molecular weight excluding hydrogens is 314 g/mol. The highest BCUT2D eigenvalue weighted by Gasteiger charge is 2.20. The SMILES string of the molecule is CC(C)n1cncc1CNC(C)(C)c1ccc(Br)cc1. The molecule has 20 heavy (non-hydrogen) atoms. The third-order valence-corrected chi connectivity index (χ3v) is 4.11. The van der Waals surface area contributed by atoms with Crippen LogP contribution in [0.5, 0.6) is 0 Å². The molecule has 0 aliphatic carbocycles. The lowest BCUT2D eigenvalue weighted by Gasteiger charge is -2.27. The molecule has 0 atom stereocenters. The molecule has 0 saturated heterocycles. The molecule has 0 radical (unpaired) electrons. The van der Waals surface area contributed by atoms with Crippen molar-refractivity contribution in [1.29, 1.82) is 0 Å². The number of nitrogens with one attached hydrogen (secondary N) is 1. The number of nitrogens with zero attached hydrogens (tertiary/aromatic N) is 2. The number of halogens is 1. The van der Waals surface area contributed by atoms with Crippen molar-refractivity contribution in [2.45, 2.75) is 45.8 Å². The molecule has 2 rings (SSSR count). The smallest absolute Gasteiger partial charge is 0.0951 e. The van der Waals surface area contributed by atoms with E-state index in [0.717, 1.165) is 11.0 Å². The van der Waals surface area contributed by atoms with Crippen molar-refractivity contribution in [3.8, 4) is 0 Å². The van der Waals surface area contributed by atoms with E-state index >= 15 is 0 Å². The third kappa shape index (κ3) is 3.49. The average Bonchev–Trinajstić information content (AvgIpc) is 2.85. The molecule has 0 amide bonds. The maximum Gasteiger partial charge on any atom is 0.0951 e. The third-order valence-electron chi connectivity index (χ3n) is 3.58. The van der Waals surface area contributed by atoms with Gasteiger partial charge in [0.05, 0.1) is 12.0 Å². The van der Waals surface area contributed by atoms with Crippen LogP contribution in [0.1, 0.15) is 45.0 Å². The van der Waals surface area contributed by atoms with Gasteiger partial charge in [-0.1, -0.05) is 28.1 Å². The minimum absolute atomic E-state index is 0.0766. The first kappa shape index (κ1) is 15.3. The van der Waals surface area contributed by atoms with Crippen LogP contribution in [-0.4, -0.2) is 9.55 Å². The normalized spacial score (nSPS) is 12.1. The molecule has 0 spiro atoms. The topological polar surface area (TPSA) is 29.9 Å². The van der Waals surface area contributed by atoms with Crippen LogP contribution in [0.4, 0.5) is 0 Å². The molecule has 1 aromatic carbocycles. The summed E-state index contributed by atoms with van der Waals surface area (Å²) in [6, 6.07) is 8.90. The number of hydrogen-bond donors (Lipinski definition) is 1. The molecule has 1 N–H and O–H groups in total. The first-order chi connectivity index (χ1) is 9.40. The Morgan fingerprint density at radius 1 is 1.25 bits per heavy atom. The van der Waals surface area contributed by atoms with E-state index in [-0.39, 0.29) is 5.54 Å². The van der Waals surface area contributed by atoms with Crippen LogP contribution in [0.25, 0.3) is 0 Å². The van der Waals surface area contributed by atoms with Crippen LogP contribution in [-0.2, 0) is 12.1 Å². The zero-order valence-corrected chi connectivity index (χ0v) is 14.1. The van der Waals surface area contributed by atoms with Crippen molar-refractivity contribution in [3.63, 3.8) is 0 Å². The maximum atomic E-state index is 4.25. The molecule has 0 aliphatic rings. The van der Waals surface area contributed by atoms with E-state index in [4.69, 9.17) is 0 Å². The molecule has 1 heterocycles. The maximum absolute atomic E-state index is 4.25. The number of imidazole rings is 1. The standard InChI is InChI=1S/C16H22BrN3/c1-12(2)20-11-18-9-15(20)10-19-16(3,4)13-5-7-14(17)8-6-13/h5-9,11-12,19H,10H2,1-4H3. The molecule has 4 heteroatoms. The molecule has 0 bridgehead atoms. The van der Waals surface area contributed by atoms with Crippen LogP contribution in [0.2, 0.25) is 0 Å². The van der Waals surface area contributed by atoms with Gasteiger partial charge in [0, 0.05) is 28.8 Å². The van der Waals surface area contributed by atoms with E-state index in [2.05, 4.69) is 82.8 Å². The van der Waals surface area contributed by atoms with Gasteiger partial charge in [-0.2, -0.15) is 0 Å². The first-order valence-corrected chi connectivity index (χ1v) is 7.71. The van der Waals surface area contributed by atoms with E-state index in [9.17, 15) is 0 Å². The van der Waals surface area contributed by atoms with Gasteiger partial charge in [0.1, 0.15) is 0 Å². The minimum Gasteiger partial charge on any atom is -0.331 e. The molecular formula is C16H22BrN3. The summed E-state index contributed by atoms with van der Waals surface area (Å²) in [6.07, 6.45) is 3.83. The fourth-order valence-electron chi connectivity index (χ4n) is 2.21. The van der Waals surface area contributed by atoms with Gasteiger partial charge in [-0.15, -0.1) is 0 Å². The first-order valence-electron chi connectivity index (χ1n) is 6.92. The lowest BCUT2D eigenvalue weighted by molar-refractivity contribution is 0.390. The molecule has 3 nitrogen and oxygen atoms in total. The van der Waals surface area contributed by atoms with E-state index in [1.54, 1.807) is 0 Å². The summed E-state index contributed by atoms with van der Waals surface area (Å²) in [4.78, 5) is 4.25. The molecule has 1 aromatic heterocycles. The van der Waals surface area contributed by atoms with Crippen LogP contribution in [0.15, 0.2) is 41.3 Å². The zero-order chi connectivity index (χ0) is 14.8. The minimum atomic E-state index is -0.0766. The highest BCUT2D eigenvalue weighted by atomic mass is 79.9. The lowest BCUT2D eigenvalue weighted by Crippen LogP contribution is -2.36. The second kappa shape index (κ2) is 6.10. The summed E-state index contributed by atoms with van der Waals surface area (Å²) in [5.74, 6) is 0. The van der Waals surface area contributed by atoms with Crippen LogP contribution >= 0.6 is 15.9 Å². The van der Waals surface area contributed by atoms with E-state index < -0.39 is 0 Å². The van der Waals surface area contributed by atoms with E-state index in [1.807, 2.05) is 12.5 Å². The molecule has 108 valence electrons. The van der Waals surface area contributed by atoms with Gasteiger partial charge in [-0.3, -0.25) is 0 Å². The molecule has 0 aliphatic heterocycles. The zero-order valence-electron chi connectivity index (χ0n) is 12.5. The van der Waals surface area contributed by atoms with E-state index in [0.29, 0.717) is 6.04 Å². The Morgan fingerprint density at radius 3 is 2.50 bits per heavy atom. The number of hydrogen-bond acceptors (Lipinski definition) is 2. The monoisotopic (exact) mass is 335 g/mol. The Kier molecular flexibility index (Phi) is 4.66. The lowest BCUT2D eigenvalue weighted by atomic mass is 9.94. The Labute approximate surface area is 129 Å². The summed E-state index contributed by atoms with van der Waals surface area (Å²) in [6.45, 7) is 9.55. The number of aromatic nitrogens is 2. The van der Waals surface area contributed by atoms with Crippen molar-refractivity contribution in [3.05, 3.63) is 52.5 Å². The van der Waals surface area contributed by atoms with Gasteiger partial charge in [0.2, 0.25) is 0 Å². The number of benzene rings is 1. The largest absolute Gasteiger partial charge is 0.331 e. The fraction of sp³-hybridized carbons (Fsp3) is 0.438. The van der Waals surface area contributed by atoms with Gasteiger partial charge < -0.3 is 9.88 Å². The van der Waals surface area contributed by atoms with Crippen LogP contribution in [0.3, 0.4) is 0 Å². The van der Waals surface area contributed by atoms with Gasteiger partial charge in [-0.05, 0) is 45.4 Å². The molecule has 0 fully saturated rings. The summed E-state index contributed by atoms with van der Waals surface area (Å²) in [5, 5.41) is 3.62. The van der Waals surface area contributed by atoms with Crippen molar-refractivity contribution in [2.24, 2.45) is 0 Å². The summed E-state index contributed by atoms with van der Waals surface area (Å²) >= 11 is 3.48. The van der Waals surface area contributed by atoms with Crippen molar-refractivity contribution in [1.82, 2.24) is 14.9 Å². The Balaban J connectivity index is 2.09. The Bertz CT molecular complexity index is 555. The second-order valence-corrected chi connectivity index (χ2v) is 6.79. The summed E-state index contributed by atoms with van der Waals surface area (Å²) in [7, 11) is 0. The molecule has 0 unspecified atom stereocenters. The van der Waals surface area contributed by atoms with Crippen molar-refractivity contribution in [2.75, 3.05) is 0 Å². The van der Waals surface area contributed by atoms with E-state index in [1.165, 1.54) is 11.3 Å². The highest BCUT2D eigenvalue weighted by Crippen LogP contribution is 2.23. The predicted molar refractivity (Wildman–Crippen MR) is 86.6 cm³/mol. The molecule has 2 aromatic rings. The van der Waals surface area contributed by atoms with Gasteiger partial charge in [0.15, 0.2) is 0 Å². The molecule has 0 saturated carbocycles.